The molecule has 6 heteroatoms. The Bertz CT molecular complexity index is 378. The van der Waals surface area contributed by atoms with Crippen molar-refractivity contribution in [2.45, 2.75) is 13.8 Å². The summed E-state index contributed by atoms with van der Waals surface area (Å²) < 4.78 is 12.7. The summed E-state index contributed by atoms with van der Waals surface area (Å²) >= 11 is 0. The Morgan fingerprint density at radius 1 is 1.47 bits per heavy atom. The zero-order valence-corrected chi connectivity index (χ0v) is 8.23. The van der Waals surface area contributed by atoms with Crippen molar-refractivity contribution in [2.24, 2.45) is 0 Å². The fourth-order valence-corrected chi connectivity index (χ4v) is 0.791. The molecule has 0 saturated carbocycles. The topological polar surface area (TPSA) is 80.4 Å². The Morgan fingerprint density at radius 2 is 2.00 bits per heavy atom. The summed E-state index contributed by atoms with van der Waals surface area (Å²) in [6.45, 7) is 4.00. The zero-order chi connectivity index (χ0) is 12.0. The number of halogens is 1. The minimum absolute atomic E-state index is 0.446. The van der Waals surface area contributed by atoms with E-state index in [2.05, 4.69) is 0 Å². The number of aromatic carboxylic acids is 1. The molecule has 0 radical (unpaired) electrons. The Morgan fingerprint density at radius 3 is 2.40 bits per heavy atom. The van der Waals surface area contributed by atoms with Gasteiger partial charge in [-0.2, -0.15) is 0 Å². The highest BCUT2D eigenvalue weighted by Gasteiger charge is 2.15. The van der Waals surface area contributed by atoms with Crippen LogP contribution in [0.5, 0.6) is 0 Å². The van der Waals surface area contributed by atoms with Gasteiger partial charge in [-0.25, -0.2) is 9.18 Å². The van der Waals surface area contributed by atoms with E-state index in [1.807, 2.05) is 13.8 Å². The summed E-state index contributed by atoms with van der Waals surface area (Å²) in [5.74, 6) is -2.51. The van der Waals surface area contributed by atoms with Crippen molar-refractivity contribution in [3.05, 3.63) is 39.7 Å². The van der Waals surface area contributed by atoms with E-state index in [-0.39, 0.29) is 0 Å². The lowest BCUT2D eigenvalue weighted by Gasteiger charge is -1.96. The summed E-state index contributed by atoms with van der Waals surface area (Å²) in [4.78, 5) is 19.7. The molecule has 1 rings (SSSR count). The molecule has 5 nitrogen and oxygen atoms in total. The first-order valence-corrected chi connectivity index (χ1v) is 4.19. The van der Waals surface area contributed by atoms with Crippen LogP contribution in [-0.4, -0.2) is 16.0 Å². The molecule has 0 aromatic heterocycles. The van der Waals surface area contributed by atoms with E-state index in [1.54, 1.807) is 0 Å². The van der Waals surface area contributed by atoms with E-state index in [9.17, 15) is 19.3 Å². The summed E-state index contributed by atoms with van der Waals surface area (Å²) in [5, 5.41) is 18.6. The van der Waals surface area contributed by atoms with Crippen molar-refractivity contribution in [3.63, 3.8) is 0 Å². The molecule has 15 heavy (non-hydrogen) atoms. The zero-order valence-electron chi connectivity index (χ0n) is 8.23. The van der Waals surface area contributed by atoms with E-state index in [4.69, 9.17) is 5.11 Å². The molecule has 1 aromatic carbocycles. The van der Waals surface area contributed by atoms with Gasteiger partial charge < -0.3 is 5.11 Å². The van der Waals surface area contributed by atoms with E-state index < -0.39 is 28.0 Å². The number of carboxylic acid groups (broad SMARTS) is 1. The smallest absolute Gasteiger partial charge is 0.338 e. The van der Waals surface area contributed by atoms with Gasteiger partial charge in [0.2, 0.25) is 0 Å². The second-order valence-corrected chi connectivity index (χ2v) is 2.23. The Balaban J connectivity index is 0.000000921. The van der Waals surface area contributed by atoms with Gasteiger partial charge in [0.25, 0.3) is 5.69 Å². The number of hydrogen-bond donors (Lipinski definition) is 1. The van der Waals surface area contributed by atoms with Gasteiger partial charge in [0, 0.05) is 12.1 Å². The first kappa shape index (κ1) is 13.0. The summed E-state index contributed by atoms with van der Waals surface area (Å²) in [6.07, 6.45) is 0. The maximum absolute atomic E-state index is 12.7. The minimum Gasteiger partial charge on any atom is -0.478 e. The van der Waals surface area contributed by atoms with Gasteiger partial charge in [-0.3, -0.25) is 10.1 Å². The van der Waals surface area contributed by atoms with Gasteiger partial charge >= 0.3 is 5.97 Å². The van der Waals surface area contributed by atoms with Gasteiger partial charge in [0.15, 0.2) is 0 Å². The lowest BCUT2D eigenvalue weighted by Crippen LogP contribution is -2.01. The second kappa shape index (κ2) is 5.69. The predicted molar refractivity (Wildman–Crippen MR) is 51.4 cm³/mol. The number of carboxylic acids is 1. The highest BCUT2D eigenvalue weighted by atomic mass is 19.1. The fourth-order valence-electron chi connectivity index (χ4n) is 0.791. The maximum Gasteiger partial charge on any atom is 0.338 e. The average molecular weight is 215 g/mol. The molecule has 0 saturated heterocycles. The number of benzene rings is 1. The quantitative estimate of drug-likeness (QED) is 0.606. The summed E-state index contributed by atoms with van der Waals surface area (Å²) in [6, 6.07) is 2.33. The highest BCUT2D eigenvalue weighted by molar-refractivity contribution is 5.88. The minimum atomic E-state index is -1.53. The van der Waals surface area contributed by atoms with Crippen molar-refractivity contribution >= 4 is 11.7 Å². The van der Waals surface area contributed by atoms with Crippen LogP contribution < -0.4 is 0 Å². The molecule has 0 aliphatic carbocycles. The molecule has 0 unspecified atom stereocenters. The van der Waals surface area contributed by atoms with Crippen LogP contribution in [0.3, 0.4) is 0 Å². The van der Waals surface area contributed by atoms with E-state index in [1.165, 1.54) is 0 Å². The molecule has 0 aliphatic rings. The molecule has 0 bridgehead atoms. The molecular weight excluding hydrogens is 205 g/mol. The molecule has 1 N–H and O–H groups in total. The SMILES string of the molecule is CC.O=C(O)c1cc([N+](=O)[O-])ccc1F. The van der Waals surface area contributed by atoms with Crippen LogP contribution in [0.25, 0.3) is 0 Å². The molecule has 82 valence electrons. The molecule has 0 atom stereocenters. The van der Waals surface area contributed by atoms with Crippen molar-refractivity contribution in [2.75, 3.05) is 0 Å². The Hall–Kier alpha value is -1.98. The van der Waals surface area contributed by atoms with Crippen molar-refractivity contribution in [3.8, 4) is 0 Å². The fraction of sp³-hybridized carbons (Fsp3) is 0.222. The molecular formula is C9H10FNO4. The number of rotatable bonds is 2. The second-order valence-electron chi connectivity index (χ2n) is 2.23. The number of non-ortho nitro benzene ring substituents is 1. The number of nitro benzene ring substituents is 1. The average Bonchev–Trinajstić information content (AvgIpc) is 2.20. The van der Waals surface area contributed by atoms with Gasteiger partial charge in [-0.15, -0.1) is 0 Å². The van der Waals surface area contributed by atoms with E-state index >= 15 is 0 Å². The lowest BCUT2D eigenvalue weighted by atomic mass is 10.2. The van der Waals surface area contributed by atoms with Crippen LogP contribution in [0.1, 0.15) is 24.2 Å². The van der Waals surface area contributed by atoms with Crippen LogP contribution in [0, 0.1) is 15.9 Å². The largest absolute Gasteiger partial charge is 0.478 e. The standard InChI is InChI=1S/C7H4FNO4.C2H6/c8-6-2-1-4(9(12)13)3-5(6)7(10)11;1-2/h1-3H,(H,10,11);1-2H3. The van der Waals surface area contributed by atoms with Gasteiger partial charge in [-0.1, -0.05) is 13.8 Å². The monoisotopic (exact) mass is 215 g/mol. The molecule has 0 heterocycles. The van der Waals surface area contributed by atoms with Crippen molar-refractivity contribution in [1.29, 1.82) is 0 Å². The molecule has 0 fully saturated rings. The van der Waals surface area contributed by atoms with Crippen LogP contribution in [0.4, 0.5) is 10.1 Å². The molecule has 0 amide bonds. The first-order valence-electron chi connectivity index (χ1n) is 4.19. The van der Waals surface area contributed by atoms with Crippen LogP contribution in [0.2, 0.25) is 0 Å². The normalized spacial score (nSPS) is 8.73. The Labute approximate surface area is 85.3 Å². The molecule has 0 spiro atoms. The van der Waals surface area contributed by atoms with Crippen molar-refractivity contribution < 1.29 is 19.2 Å². The molecule has 1 aromatic rings. The van der Waals surface area contributed by atoms with Gasteiger partial charge in [0.05, 0.1) is 4.92 Å². The number of nitro groups is 1. The Kier molecular flexibility index (Phi) is 4.94. The number of hydrogen-bond acceptors (Lipinski definition) is 3. The summed E-state index contributed by atoms with van der Waals surface area (Å²) in [7, 11) is 0. The van der Waals surface area contributed by atoms with Crippen LogP contribution >= 0.6 is 0 Å². The van der Waals surface area contributed by atoms with E-state index in [0.717, 1.165) is 12.1 Å². The van der Waals surface area contributed by atoms with Crippen molar-refractivity contribution in [1.82, 2.24) is 0 Å². The predicted octanol–water partition coefficient (Wildman–Crippen LogP) is 2.46. The van der Waals surface area contributed by atoms with Gasteiger partial charge in [0.1, 0.15) is 11.4 Å². The third kappa shape index (κ3) is 3.34. The van der Waals surface area contributed by atoms with Gasteiger partial charge in [-0.05, 0) is 6.07 Å². The summed E-state index contributed by atoms with van der Waals surface area (Å²) in [5.41, 5.74) is -1.15. The van der Waals surface area contributed by atoms with Crippen LogP contribution in [0.15, 0.2) is 18.2 Å². The lowest BCUT2D eigenvalue weighted by molar-refractivity contribution is -0.384. The van der Waals surface area contributed by atoms with E-state index in [0.29, 0.717) is 6.07 Å². The van der Waals surface area contributed by atoms with Crippen LogP contribution in [-0.2, 0) is 0 Å². The maximum atomic E-state index is 12.7. The number of carbonyl (C=O) groups is 1. The first-order chi connectivity index (χ1) is 7.02. The molecule has 0 aliphatic heterocycles. The number of nitrogens with zero attached hydrogens (tertiary/aromatic N) is 1. The highest BCUT2D eigenvalue weighted by Crippen LogP contribution is 2.16. The third-order valence-electron chi connectivity index (χ3n) is 1.39. The third-order valence-corrected chi connectivity index (χ3v) is 1.39.